The largest absolute Gasteiger partial charge is 0.324 e. The standard InChI is InChI=1S/C16H21N/c1-12(2)7-10-16(17)15-9-8-13-5-3-4-6-14(13)11-15/h3-6,8-9,11-12,16H,7,10,17H2,1-2H3/t16-/m1/s1. The first-order valence-electron chi connectivity index (χ1n) is 6.41. The van der Waals surface area contributed by atoms with Gasteiger partial charge in [-0.05, 0) is 41.2 Å². The second-order valence-electron chi connectivity index (χ2n) is 5.18. The maximum atomic E-state index is 6.23. The topological polar surface area (TPSA) is 26.0 Å². The van der Waals surface area contributed by atoms with Gasteiger partial charge in [0.2, 0.25) is 0 Å². The Morgan fingerprint density at radius 1 is 0.941 bits per heavy atom. The van der Waals surface area contributed by atoms with Gasteiger partial charge in [0.1, 0.15) is 0 Å². The van der Waals surface area contributed by atoms with Crippen LogP contribution in [0, 0.1) is 5.92 Å². The van der Waals surface area contributed by atoms with Gasteiger partial charge < -0.3 is 5.73 Å². The fourth-order valence-electron chi connectivity index (χ4n) is 2.12. The lowest BCUT2D eigenvalue weighted by atomic mass is 9.96. The maximum Gasteiger partial charge on any atom is 0.0295 e. The molecular weight excluding hydrogens is 206 g/mol. The first kappa shape index (κ1) is 12.1. The van der Waals surface area contributed by atoms with E-state index in [0.29, 0.717) is 0 Å². The number of fused-ring (bicyclic) bond motifs is 1. The van der Waals surface area contributed by atoms with Crippen molar-refractivity contribution in [2.45, 2.75) is 32.7 Å². The van der Waals surface area contributed by atoms with Gasteiger partial charge >= 0.3 is 0 Å². The highest BCUT2D eigenvalue weighted by atomic mass is 14.6. The van der Waals surface area contributed by atoms with E-state index in [4.69, 9.17) is 5.73 Å². The first-order chi connectivity index (χ1) is 8.16. The molecule has 0 aliphatic carbocycles. The van der Waals surface area contributed by atoms with E-state index in [9.17, 15) is 0 Å². The molecule has 0 bridgehead atoms. The summed E-state index contributed by atoms with van der Waals surface area (Å²) in [4.78, 5) is 0. The summed E-state index contributed by atoms with van der Waals surface area (Å²) in [7, 11) is 0. The van der Waals surface area contributed by atoms with Crippen molar-refractivity contribution in [1.82, 2.24) is 0 Å². The van der Waals surface area contributed by atoms with Crippen LogP contribution in [-0.4, -0.2) is 0 Å². The molecule has 0 aromatic heterocycles. The minimum absolute atomic E-state index is 0.169. The van der Waals surface area contributed by atoms with Crippen molar-refractivity contribution < 1.29 is 0 Å². The van der Waals surface area contributed by atoms with Gasteiger partial charge in [0.25, 0.3) is 0 Å². The molecule has 0 unspecified atom stereocenters. The minimum atomic E-state index is 0.169. The Kier molecular flexibility index (Phi) is 3.80. The van der Waals surface area contributed by atoms with E-state index in [0.717, 1.165) is 12.3 Å². The van der Waals surface area contributed by atoms with E-state index in [-0.39, 0.29) is 6.04 Å². The molecule has 0 heterocycles. The quantitative estimate of drug-likeness (QED) is 0.829. The lowest BCUT2D eigenvalue weighted by Crippen LogP contribution is -2.11. The number of nitrogens with two attached hydrogens (primary N) is 1. The third-order valence-corrected chi connectivity index (χ3v) is 3.26. The van der Waals surface area contributed by atoms with Crippen molar-refractivity contribution in [2.75, 3.05) is 0 Å². The summed E-state index contributed by atoms with van der Waals surface area (Å²) >= 11 is 0. The van der Waals surface area contributed by atoms with E-state index in [2.05, 4.69) is 56.3 Å². The third kappa shape index (κ3) is 3.07. The zero-order valence-electron chi connectivity index (χ0n) is 10.7. The smallest absolute Gasteiger partial charge is 0.0295 e. The van der Waals surface area contributed by atoms with E-state index in [1.54, 1.807) is 0 Å². The van der Waals surface area contributed by atoms with Crippen molar-refractivity contribution in [3.05, 3.63) is 48.0 Å². The molecule has 2 aromatic carbocycles. The lowest BCUT2D eigenvalue weighted by Gasteiger charge is -2.14. The van der Waals surface area contributed by atoms with Gasteiger partial charge in [0, 0.05) is 6.04 Å². The van der Waals surface area contributed by atoms with Crippen LogP contribution in [0.3, 0.4) is 0 Å². The van der Waals surface area contributed by atoms with Gasteiger partial charge in [-0.2, -0.15) is 0 Å². The van der Waals surface area contributed by atoms with E-state index >= 15 is 0 Å². The van der Waals surface area contributed by atoms with Crippen molar-refractivity contribution in [1.29, 1.82) is 0 Å². The van der Waals surface area contributed by atoms with Gasteiger partial charge in [0.05, 0.1) is 0 Å². The Morgan fingerprint density at radius 2 is 1.65 bits per heavy atom. The number of hydrogen-bond acceptors (Lipinski definition) is 1. The van der Waals surface area contributed by atoms with Gasteiger partial charge in [-0.1, -0.05) is 50.2 Å². The second kappa shape index (κ2) is 5.33. The van der Waals surface area contributed by atoms with Crippen LogP contribution in [0.25, 0.3) is 10.8 Å². The van der Waals surface area contributed by atoms with Crippen LogP contribution in [0.4, 0.5) is 0 Å². The van der Waals surface area contributed by atoms with Gasteiger partial charge in [0.15, 0.2) is 0 Å². The van der Waals surface area contributed by atoms with Crippen LogP contribution in [-0.2, 0) is 0 Å². The molecule has 0 saturated carbocycles. The van der Waals surface area contributed by atoms with Crippen molar-refractivity contribution >= 4 is 10.8 Å². The first-order valence-corrected chi connectivity index (χ1v) is 6.41. The number of rotatable bonds is 4. The molecule has 17 heavy (non-hydrogen) atoms. The van der Waals surface area contributed by atoms with Crippen molar-refractivity contribution in [3.8, 4) is 0 Å². The molecule has 0 aliphatic rings. The zero-order valence-corrected chi connectivity index (χ0v) is 10.7. The second-order valence-corrected chi connectivity index (χ2v) is 5.18. The molecule has 0 radical (unpaired) electrons. The SMILES string of the molecule is CC(C)CC[C@@H](N)c1ccc2ccccc2c1. The maximum absolute atomic E-state index is 6.23. The van der Waals surface area contributed by atoms with Crippen LogP contribution in [0.5, 0.6) is 0 Å². The highest BCUT2D eigenvalue weighted by Gasteiger charge is 2.07. The van der Waals surface area contributed by atoms with Crippen LogP contribution in [0.1, 0.15) is 38.3 Å². The molecule has 90 valence electrons. The molecule has 2 N–H and O–H groups in total. The molecule has 0 amide bonds. The summed E-state index contributed by atoms with van der Waals surface area (Å²) in [5, 5.41) is 2.57. The van der Waals surface area contributed by atoms with Crippen LogP contribution in [0.2, 0.25) is 0 Å². The van der Waals surface area contributed by atoms with E-state index in [1.807, 2.05) is 0 Å². The zero-order chi connectivity index (χ0) is 12.3. The Balaban J connectivity index is 2.18. The average molecular weight is 227 g/mol. The van der Waals surface area contributed by atoms with Crippen molar-refractivity contribution in [2.24, 2.45) is 11.7 Å². The average Bonchev–Trinajstić information content (AvgIpc) is 2.35. The van der Waals surface area contributed by atoms with Crippen LogP contribution in [0.15, 0.2) is 42.5 Å². The Morgan fingerprint density at radius 3 is 2.35 bits per heavy atom. The molecule has 0 saturated heterocycles. The number of benzene rings is 2. The molecule has 1 nitrogen and oxygen atoms in total. The normalized spacial score (nSPS) is 13.2. The predicted molar refractivity (Wildman–Crippen MR) is 74.9 cm³/mol. The van der Waals surface area contributed by atoms with Crippen LogP contribution >= 0.6 is 0 Å². The third-order valence-electron chi connectivity index (χ3n) is 3.26. The molecule has 0 fully saturated rings. The summed E-state index contributed by atoms with van der Waals surface area (Å²) in [6.45, 7) is 4.49. The lowest BCUT2D eigenvalue weighted by molar-refractivity contribution is 0.507. The molecule has 0 aliphatic heterocycles. The van der Waals surface area contributed by atoms with Crippen LogP contribution < -0.4 is 5.73 Å². The Labute approximate surface area is 104 Å². The molecule has 1 atom stereocenters. The molecule has 1 heteroatoms. The predicted octanol–water partition coefficient (Wildman–Crippen LogP) is 4.28. The number of hydrogen-bond donors (Lipinski definition) is 1. The Hall–Kier alpha value is -1.34. The fourth-order valence-corrected chi connectivity index (χ4v) is 2.12. The monoisotopic (exact) mass is 227 g/mol. The molecular formula is C16H21N. The Bertz CT molecular complexity index is 488. The van der Waals surface area contributed by atoms with E-state index < -0.39 is 0 Å². The highest BCUT2D eigenvalue weighted by Crippen LogP contribution is 2.22. The van der Waals surface area contributed by atoms with Gasteiger partial charge in [-0.25, -0.2) is 0 Å². The molecule has 0 spiro atoms. The fraction of sp³-hybridized carbons (Fsp3) is 0.375. The minimum Gasteiger partial charge on any atom is -0.324 e. The molecule has 2 rings (SSSR count). The summed E-state index contributed by atoms with van der Waals surface area (Å²) in [5.74, 6) is 0.724. The summed E-state index contributed by atoms with van der Waals surface area (Å²) in [5.41, 5.74) is 7.49. The van der Waals surface area contributed by atoms with E-state index in [1.165, 1.54) is 22.8 Å². The van der Waals surface area contributed by atoms with Gasteiger partial charge in [-0.3, -0.25) is 0 Å². The highest BCUT2D eigenvalue weighted by molar-refractivity contribution is 5.83. The summed E-state index contributed by atoms with van der Waals surface area (Å²) < 4.78 is 0. The molecule has 2 aromatic rings. The summed E-state index contributed by atoms with van der Waals surface area (Å²) in [6.07, 6.45) is 2.25. The summed E-state index contributed by atoms with van der Waals surface area (Å²) in [6, 6.07) is 15.1. The van der Waals surface area contributed by atoms with Crippen molar-refractivity contribution in [3.63, 3.8) is 0 Å². The van der Waals surface area contributed by atoms with Gasteiger partial charge in [-0.15, -0.1) is 0 Å².